The largest absolute Gasteiger partial charge is 0.497 e. The number of benzene rings is 1. The third-order valence-electron chi connectivity index (χ3n) is 10.4. The zero-order valence-corrected chi connectivity index (χ0v) is 27.3. The highest BCUT2D eigenvalue weighted by atomic mass is 19.3. The molecule has 10 nitrogen and oxygen atoms in total. The molecule has 0 radical (unpaired) electrons. The molecule has 3 fully saturated rings. The Hall–Kier alpha value is -3.57. The van der Waals surface area contributed by atoms with Gasteiger partial charge < -0.3 is 24.4 Å². The first kappa shape index (κ1) is 32.4. The molecule has 0 spiro atoms. The van der Waals surface area contributed by atoms with Crippen molar-refractivity contribution in [1.29, 1.82) is 0 Å². The van der Waals surface area contributed by atoms with Crippen LogP contribution in [0, 0.1) is 29.1 Å². The van der Waals surface area contributed by atoms with Crippen LogP contribution in [-0.2, 0) is 20.2 Å². The first-order chi connectivity index (χ1) is 21.7. The number of nitrogens with one attached hydrogen (secondary N) is 1. The van der Waals surface area contributed by atoms with Crippen molar-refractivity contribution >= 4 is 28.8 Å². The first-order valence-corrected chi connectivity index (χ1v) is 16.4. The number of Topliss-reactive ketones (excluding diaryl/α,β-unsaturated/α-hetero) is 1. The van der Waals surface area contributed by atoms with Gasteiger partial charge in [-0.3, -0.25) is 9.59 Å². The lowest BCUT2D eigenvalue weighted by molar-refractivity contribution is -0.141. The molecule has 12 heteroatoms. The van der Waals surface area contributed by atoms with Crippen LogP contribution in [0.15, 0.2) is 18.2 Å². The Morgan fingerprint density at radius 3 is 2.52 bits per heavy atom. The quantitative estimate of drug-likeness (QED) is 0.446. The number of ketones is 1. The number of rotatable bonds is 2. The number of fused-ring (bicyclic) bond motifs is 7. The van der Waals surface area contributed by atoms with E-state index in [4.69, 9.17) is 14.2 Å². The average molecular weight is 643 g/mol. The van der Waals surface area contributed by atoms with Gasteiger partial charge in [0.2, 0.25) is 11.8 Å². The van der Waals surface area contributed by atoms with Crippen molar-refractivity contribution in [2.45, 2.75) is 103 Å². The maximum Gasteiger partial charge on any atom is 0.408 e. The Balaban J connectivity index is 1.41. The maximum atomic E-state index is 16.1. The second-order valence-electron chi connectivity index (χ2n) is 14.7. The van der Waals surface area contributed by atoms with Crippen LogP contribution in [0.4, 0.5) is 13.6 Å². The average Bonchev–Trinajstić information content (AvgIpc) is 3.55. The van der Waals surface area contributed by atoms with E-state index in [0.29, 0.717) is 35.9 Å². The van der Waals surface area contributed by atoms with Crippen molar-refractivity contribution in [2.24, 2.45) is 29.1 Å². The number of carbonyl (C=O) groups is 3. The summed E-state index contributed by atoms with van der Waals surface area (Å²) >= 11 is 0. The molecule has 2 amide bonds. The van der Waals surface area contributed by atoms with Crippen LogP contribution < -0.4 is 14.8 Å². The summed E-state index contributed by atoms with van der Waals surface area (Å²) in [5.41, 5.74) is -0.695. The highest BCUT2D eigenvalue weighted by molar-refractivity contribution is 5.92. The molecule has 2 unspecified atom stereocenters. The van der Waals surface area contributed by atoms with E-state index in [1.807, 2.05) is 20.8 Å². The predicted molar refractivity (Wildman–Crippen MR) is 165 cm³/mol. The maximum absolute atomic E-state index is 16.1. The Labute approximate surface area is 267 Å². The normalized spacial score (nSPS) is 33.0. The molecule has 2 bridgehead atoms. The molecule has 8 atom stereocenters. The van der Waals surface area contributed by atoms with Gasteiger partial charge in [-0.05, 0) is 67.9 Å². The van der Waals surface area contributed by atoms with Crippen LogP contribution in [0.25, 0.3) is 11.0 Å². The van der Waals surface area contributed by atoms with E-state index in [0.717, 1.165) is 12.8 Å². The monoisotopic (exact) mass is 642 g/mol. The third kappa shape index (κ3) is 6.11. The van der Waals surface area contributed by atoms with Gasteiger partial charge in [0.15, 0.2) is 11.5 Å². The van der Waals surface area contributed by atoms with Gasteiger partial charge in [0, 0.05) is 18.4 Å². The van der Waals surface area contributed by atoms with Gasteiger partial charge in [0.1, 0.15) is 24.0 Å². The van der Waals surface area contributed by atoms with Gasteiger partial charge in [-0.1, -0.05) is 34.1 Å². The molecular formula is C34H44F2N4O6. The van der Waals surface area contributed by atoms with Crippen molar-refractivity contribution in [3.63, 3.8) is 0 Å². The van der Waals surface area contributed by atoms with E-state index in [9.17, 15) is 14.4 Å². The number of methoxy groups -OCH3 is 1. The number of hydrogen-bond acceptors (Lipinski definition) is 8. The Morgan fingerprint density at radius 2 is 1.83 bits per heavy atom. The van der Waals surface area contributed by atoms with E-state index in [1.165, 1.54) is 18.9 Å². The zero-order valence-electron chi connectivity index (χ0n) is 27.3. The molecule has 2 aromatic rings. The number of alkyl halides is 2. The molecule has 1 aromatic carbocycles. The molecule has 46 heavy (non-hydrogen) atoms. The van der Waals surface area contributed by atoms with Crippen LogP contribution in [0.5, 0.6) is 11.6 Å². The van der Waals surface area contributed by atoms with Crippen molar-refractivity contribution < 1.29 is 37.4 Å². The highest BCUT2D eigenvalue weighted by Gasteiger charge is 2.55. The van der Waals surface area contributed by atoms with E-state index < -0.39 is 59.6 Å². The van der Waals surface area contributed by atoms with E-state index in [1.54, 1.807) is 25.1 Å². The molecule has 6 rings (SSSR count). The Kier molecular flexibility index (Phi) is 8.38. The molecule has 1 N–H and O–H groups in total. The van der Waals surface area contributed by atoms with Gasteiger partial charge in [0.25, 0.3) is 5.92 Å². The van der Waals surface area contributed by atoms with Crippen molar-refractivity contribution in [3.05, 3.63) is 23.9 Å². The second-order valence-corrected chi connectivity index (χ2v) is 14.7. The summed E-state index contributed by atoms with van der Waals surface area (Å²) in [5.74, 6) is -3.52. The second kappa shape index (κ2) is 11.9. The Morgan fingerprint density at radius 1 is 1.07 bits per heavy atom. The molecule has 3 heterocycles. The minimum Gasteiger partial charge on any atom is -0.497 e. The van der Waals surface area contributed by atoms with Gasteiger partial charge in [-0.15, -0.1) is 0 Å². The van der Waals surface area contributed by atoms with Gasteiger partial charge in [0.05, 0.1) is 30.7 Å². The van der Waals surface area contributed by atoms with Crippen LogP contribution in [-0.4, -0.2) is 70.6 Å². The van der Waals surface area contributed by atoms with E-state index in [2.05, 4.69) is 15.3 Å². The number of alkyl carbamates (subject to hydrolysis) is 1. The molecule has 1 aromatic heterocycles. The van der Waals surface area contributed by atoms with Crippen LogP contribution in [0.1, 0.15) is 78.8 Å². The molecule has 2 saturated carbocycles. The Bertz CT molecular complexity index is 1530. The summed E-state index contributed by atoms with van der Waals surface area (Å²) in [6.45, 7) is 8.57. The number of nitrogens with zero attached hydrogens (tertiary/aromatic N) is 3. The lowest BCUT2D eigenvalue weighted by Crippen LogP contribution is -2.57. The lowest BCUT2D eigenvalue weighted by atomic mass is 9.85. The van der Waals surface area contributed by atoms with E-state index >= 15 is 8.78 Å². The van der Waals surface area contributed by atoms with Gasteiger partial charge >= 0.3 is 6.09 Å². The number of hydrogen-bond donors (Lipinski definition) is 1. The first-order valence-electron chi connectivity index (χ1n) is 16.4. The van der Waals surface area contributed by atoms with Crippen molar-refractivity contribution in [1.82, 2.24) is 20.2 Å². The third-order valence-corrected chi connectivity index (χ3v) is 10.4. The van der Waals surface area contributed by atoms with Gasteiger partial charge in [-0.2, -0.15) is 8.78 Å². The summed E-state index contributed by atoms with van der Waals surface area (Å²) in [5, 5.41) is 2.83. The van der Waals surface area contributed by atoms with Crippen LogP contribution >= 0.6 is 0 Å². The summed E-state index contributed by atoms with van der Waals surface area (Å²) < 4.78 is 49.7. The van der Waals surface area contributed by atoms with Crippen molar-refractivity contribution in [2.75, 3.05) is 13.7 Å². The number of halogens is 2. The molecular weight excluding hydrogens is 598 g/mol. The summed E-state index contributed by atoms with van der Waals surface area (Å²) in [6.07, 6.45) is 0.929. The van der Waals surface area contributed by atoms with Crippen LogP contribution in [0.2, 0.25) is 0 Å². The zero-order chi connectivity index (χ0) is 33.1. The lowest BCUT2D eigenvalue weighted by Gasteiger charge is -2.35. The van der Waals surface area contributed by atoms with Crippen LogP contribution in [0.3, 0.4) is 0 Å². The fourth-order valence-electron chi connectivity index (χ4n) is 7.83. The number of carbonyl (C=O) groups excluding carboxylic acids is 3. The summed E-state index contributed by atoms with van der Waals surface area (Å²) in [7, 11) is 1.50. The smallest absolute Gasteiger partial charge is 0.408 e. The number of amides is 2. The molecule has 4 aliphatic rings. The topological polar surface area (TPSA) is 120 Å². The fourth-order valence-corrected chi connectivity index (χ4v) is 7.83. The highest BCUT2D eigenvalue weighted by Crippen LogP contribution is 2.58. The standard InChI is InChI=1S/C34H44F2N4O6/c1-17-26-16-40(27(17)18(2)41)31(42)29(33(3,4)5)39-32(43)46-25-14-19-13-22(19)21(25)9-7-8-12-34(35,36)28-30(45-26)38-24-15-20(44-6)10-11-23(24)37-28/h10-11,15,17,19,21-22,25-27,29H,7-9,12-14,16H2,1-6H3,(H,39,43)/t17-,19?,21-,22?,25-,26+,27+,29-/m1/s1. The number of ether oxygens (including phenoxy) is 3. The molecule has 1 saturated heterocycles. The van der Waals surface area contributed by atoms with Crippen molar-refractivity contribution in [3.8, 4) is 11.6 Å². The predicted octanol–water partition coefficient (Wildman–Crippen LogP) is 5.65. The molecule has 2 aliphatic heterocycles. The molecule has 2 aliphatic carbocycles. The fraction of sp³-hybridized carbons (Fsp3) is 0.676. The van der Waals surface area contributed by atoms with E-state index in [-0.39, 0.29) is 42.2 Å². The summed E-state index contributed by atoms with van der Waals surface area (Å²) in [4.78, 5) is 50.8. The minimum atomic E-state index is -3.36. The number of aromatic nitrogens is 2. The van der Waals surface area contributed by atoms with Gasteiger partial charge in [-0.25, -0.2) is 14.8 Å². The minimum absolute atomic E-state index is 0.0650. The summed E-state index contributed by atoms with van der Waals surface area (Å²) in [6, 6.07) is 2.92. The SMILES string of the molecule is COc1ccc2nc3c(nc2c1)O[C@H]1CN(C(=O)[C@H](C(C)(C)C)NC(=O)O[C@@H]2CC4CC4[C@H]2CCCCC3(F)F)[C@H](C(C)=O)[C@@H]1C. The molecule has 250 valence electrons.